The molecule has 6 heteroatoms. The summed E-state index contributed by atoms with van der Waals surface area (Å²) in [6.45, 7) is 1.51. The molecule has 0 unspecified atom stereocenters. The fourth-order valence-corrected chi connectivity index (χ4v) is 4.50. The van der Waals surface area contributed by atoms with E-state index in [0.29, 0.717) is 36.8 Å². The van der Waals surface area contributed by atoms with Crippen LogP contribution in [-0.4, -0.2) is 39.6 Å². The molecule has 1 N–H and O–H groups in total. The summed E-state index contributed by atoms with van der Waals surface area (Å²) in [7, 11) is 0. The first-order valence-electron chi connectivity index (χ1n) is 9.23. The molecule has 130 valence electrons. The van der Waals surface area contributed by atoms with Gasteiger partial charge in [0.25, 0.3) is 0 Å². The van der Waals surface area contributed by atoms with E-state index in [-0.39, 0.29) is 5.91 Å². The summed E-state index contributed by atoms with van der Waals surface area (Å²) in [5.41, 5.74) is 2.07. The van der Waals surface area contributed by atoms with Gasteiger partial charge < -0.3 is 14.7 Å². The Morgan fingerprint density at radius 1 is 1.32 bits per heavy atom. The highest BCUT2D eigenvalue weighted by molar-refractivity contribution is 5.78. The predicted molar refractivity (Wildman–Crippen MR) is 91.7 cm³/mol. The number of nitrogens with one attached hydrogen (secondary N) is 1. The number of aromatic nitrogens is 2. The Bertz CT molecular complexity index is 802. The molecule has 1 aromatic heterocycles. The van der Waals surface area contributed by atoms with Crippen LogP contribution in [0.1, 0.15) is 49.5 Å². The van der Waals surface area contributed by atoms with Gasteiger partial charge in [0.15, 0.2) is 0 Å². The van der Waals surface area contributed by atoms with Crippen LogP contribution in [-0.2, 0) is 11.3 Å². The second kappa shape index (κ2) is 5.95. The number of carbonyl (C=O) groups is 1. The summed E-state index contributed by atoms with van der Waals surface area (Å²) in [6, 6.07) is 9.23. The first-order chi connectivity index (χ1) is 12.3. The Morgan fingerprint density at radius 3 is 3.04 bits per heavy atom. The predicted octanol–water partition coefficient (Wildman–Crippen LogP) is 2.47. The van der Waals surface area contributed by atoms with Crippen LogP contribution >= 0.6 is 0 Å². The van der Waals surface area contributed by atoms with Crippen molar-refractivity contribution in [2.24, 2.45) is 0 Å². The molecular formula is C19H22N4O2. The molecule has 25 heavy (non-hydrogen) atoms. The van der Waals surface area contributed by atoms with Gasteiger partial charge in [0.2, 0.25) is 17.6 Å². The molecule has 0 aliphatic carbocycles. The molecule has 4 heterocycles. The van der Waals surface area contributed by atoms with E-state index in [2.05, 4.69) is 27.6 Å². The lowest BCUT2D eigenvalue weighted by Crippen LogP contribution is -2.23. The van der Waals surface area contributed by atoms with Crippen LogP contribution in [0.5, 0.6) is 0 Å². The third-order valence-electron chi connectivity index (χ3n) is 5.79. The third kappa shape index (κ3) is 2.74. The van der Waals surface area contributed by atoms with Crippen LogP contribution in [0.4, 0.5) is 0 Å². The van der Waals surface area contributed by atoms with Gasteiger partial charge in [-0.2, -0.15) is 4.98 Å². The van der Waals surface area contributed by atoms with E-state index < -0.39 is 0 Å². The molecule has 3 aliphatic rings. The van der Waals surface area contributed by atoms with Crippen LogP contribution in [0.25, 0.3) is 11.4 Å². The molecule has 3 saturated heterocycles. The normalized spacial score (nSPS) is 28.2. The van der Waals surface area contributed by atoms with Crippen molar-refractivity contribution < 1.29 is 9.32 Å². The van der Waals surface area contributed by atoms with Gasteiger partial charge in [0.05, 0.1) is 5.92 Å². The smallest absolute Gasteiger partial charge is 0.231 e. The van der Waals surface area contributed by atoms with Crippen LogP contribution in [0, 0.1) is 0 Å². The molecule has 2 aromatic rings. The SMILES string of the molecule is O=C1CCCN1Cc1cccc(-c2noc([C@@H]3C[C@@H]4CC[C@H]3N4)n2)c1. The standard InChI is InChI=1S/C19H22N4O2/c24-17-5-2-8-23(17)11-12-3-1-4-13(9-12)18-21-19(25-22-18)15-10-14-6-7-16(15)20-14/h1,3-4,9,14-16,20H,2,5-8,10-11H2/t14-,15+,16+/m0/s1. The first-order valence-corrected chi connectivity index (χ1v) is 9.23. The topological polar surface area (TPSA) is 71.3 Å². The second-order valence-electron chi connectivity index (χ2n) is 7.47. The minimum absolute atomic E-state index is 0.246. The van der Waals surface area contributed by atoms with E-state index in [1.54, 1.807) is 0 Å². The first kappa shape index (κ1) is 15.1. The van der Waals surface area contributed by atoms with E-state index in [1.165, 1.54) is 12.8 Å². The number of nitrogens with zero attached hydrogens (tertiary/aromatic N) is 3. The Labute approximate surface area is 146 Å². The van der Waals surface area contributed by atoms with Gasteiger partial charge >= 0.3 is 0 Å². The van der Waals surface area contributed by atoms with E-state index in [9.17, 15) is 4.79 Å². The molecule has 6 nitrogen and oxygen atoms in total. The van der Waals surface area contributed by atoms with Gasteiger partial charge in [0, 0.05) is 37.2 Å². The van der Waals surface area contributed by atoms with Gasteiger partial charge in [0.1, 0.15) is 0 Å². The molecule has 2 bridgehead atoms. The van der Waals surface area contributed by atoms with Crippen molar-refractivity contribution in [2.45, 2.75) is 56.7 Å². The van der Waals surface area contributed by atoms with E-state index >= 15 is 0 Å². The number of amides is 1. The zero-order valence-corrected chi connectivity index (χ0v) is 14.1. The van der Waals surface area contributed by atoms with Crippen molar-refractivity contribution in [1.82, 2.24) is 20.4 Å². The largest absolute Gasteiger partial charge is 0.339 e. The molecule has 3 aliphatic heterocycles. The molecule has 3 atom stereocenters. The minimum atomic E-state index is 0.246. The number of benzene rings is 1. The second-order valence-corrected chi connectivity index (χ2v) is 7.47. The van der Waals surface area contributed by atoms with Crippen LogP contribution < -0.4 is 5.32 Å². The summed E-state index contributed by atoms with van der Waals surface area (Å²) in [4.78, 5) is 18.4. The molecule has 5 rings (SSSR count). The summed E-state index contributed by atoms with van der Waals surface area (Å²) in [5.74, 6) is 2.00. The highest BCUT2D eigenvalue weighted by Crippen LogP contribution is 2.39. The van der Waals surface area contributed by atoms with Crippen molar-refractivity contribution in [3.63, 3.8) is 0 Å². The lowest BCUT2D eigenvalue weighted by molar-refractivity contribution is -0.128. The van der Waals surface area contributed by atoms with E-state index in [0.717, 1.165) is 36.4 Å². The summed E-state index contributed by atoms with van der Waals surface area (Å²) < 4.78 is 5.58. The lowest BCUT2D eigenvalue weighted by atomic mass is 9.89. The molecule has 0 radical (unpaired) electrons. The van der Waals surface area contributed by atoms with Crippen LogP contribution in [0.3, 0.4) is 0 Å². The quantitative estimate of drug-likeness (QED) is 0.927. The molecule has 0 saturated carbocycles. The van der Waals surface area contributed by atoms with Gasteiger partial charge in [-0.25, -0.2) is 0 Å². The molecule has 3 fully saturated rings. The van der Waals surface area contributed by atoms with Crippen molar-refractivity contribution in [2.75, 3.05) is 6.54 Å². The monoisotopic (exact) mass is 338 g/mol. The Kier molecular flexibility index (Phi) is 3.59. The number of carbonyl (C=O) groups excluding carboxylic acids is 1. The highest BCUT2D eigenvalue weighted by atomic mass is 16.5. The fourth-order valence-electron chi connectivity index (χ4n) is 4.50. The Hall–Kier alpha value is -2.21. The van der Waals surface area contributed by atoms with Crippen molar-refractivity contribution in [1.29, 1.82) is 0 Å². The Morgan fingerprint density at radius 2 is 2.28 bits per heavy atom. The van der Waals surface area contributed by atoms with Gasteiger partial charge in [-0.1, -0.05) is 23.4 Å². The summed E-state index contributed by atoms with van der Waals surface area (Å²) in [5, 5.41) is 7.82. The zero-order valence-electron chi connectivity index (χ0n) is 14.1. The average Bonchev–Trinajstić information content (AvgIpc) is 3.40. The van der Waals surface area contributed by atoms with E-state index in [1.807, 2.05) is 17.0 Å². The highest BCUT2D eigenvalue weighted by Gasteiger charge is 2.42. The van der Waals surface area contributed by atoms with Crippen LogP contribution in [0.2, 0.25) is 0 Å². The average molecular weight is 338 g/mol. The van der Waals surface area contributed by atoms with Gasteiger partial charge in [-0.15, -0.1) is 0 Å². The number of likely N-dealkylation sites (tertiary alicyclic amines) is 1. The lowest BCUT2D eigenvalue weighted by Gasteiger charge is -2.15. The van der Waals surface area contributed by atoms with Crippen molar-refractivity contribution >= 4 is 5.91 Å². The van der Waals surface area contributed by atoms with Crippen molar-refractivity contribution in [3.8, 4) is 11.4 Å². The van der Waals surface area contributed by atoms with Crippen molar-refractivity contribution in [3.05, 3.63) is 35.7 Å². The molecule has 1 amide bonds. The van der Waals surface area contributed by atoms with E-state index in [4.69, 9.17) is 4.52 Å². The van der Waals surface area contributed by atoms with Gasteiger partial charge in [-0.3, -0.25) is 4.79 Å². The molecule has 1 aromatic carbocycles. The maximum Gasteiger partial charge on any atom is 0.231 e. The minimum Gasteiger partial charge on any atom is -0.339 e. The third-order valence-corrected chi connectivity index (χ3v) is 5.79. The number of fused-ring (bicyclic) bond motifs is 2. The molecular weight excluding hydrogens is 316 g/mol. The van der Waals surface area contributed by atoms with Crippen LogP contribution in [0.15, 0.2) is 28.8 Å². The maximum atomic E-state index is 11.8. The fraction of sp³-hybridized carbons (Fsp3) is 0.526. The number of rotatable bonds is 4. The summed E-state index contributed by atoms with van der Waals surface area (Å²) >= 11 is 0. The maximum absolute atomic E-state index is 11.8. The summed E-state index contributed by atoms with van der Waals surface area (Å²) in [6.07, 6.45) is 5.20. The number of hydrogen-bond acceptors (Lipinski definition) is 5. The molecule has 0 spiro atoms. The van der Waals surface area contributed by atoms with Gasteiger partial charge in [-0.05, 0) is 37.3 Å². The zero-order chi connectivity index (χ0) is 16.8. The Balaban J connectivity index is 1.35. The number of hydrogen-bond donors (Lipinski definition) is 1.